The maximum absolute atomic E-state index is 13.1. The Hall–Kier alpha value is -2.18. The van der Waals surface area contributed by atoms with E-state index < -0.39 is 10.0 Å². The molecule has 150 valence electrons. The molecular formula is C22H28N2O3S. The lowest BCUT2D eigenvalue weighted by Crippen LogP contribution is -2.45. The lowest BCUT2D eigenvalue weighted by Gasteiger charge is -2.34. The number of anilines is 1. The SMILES string of the molecule is Cc1ccc(S(=O)(=O)N2CCCCC2CC(=O)Nc2cc(C)ccc2C)cc1. The second-order valence-corrected chi connectivity index (χ2v) is 9.54. The fraction of sp³-hybridized carbons (Fsp3) is 0.409. The summed E-state index contributed by atoms with van der Waals surface area (Å²) >= 11 is 0. The quantitative estimate of drug-likeness (QED) is 0.819. The summed E-state index contributed by atoms with van der Waals surface area (Å²) in [5.41, 5.74) is 3.87. The number of hydrogen-bond acceptors (Lipinski definition) is 3. The molecule has 0 saturated carbocycles. The molecule has 1 unspecified atom stereocenters. The van der Waals surface area contributed by atoms with Crippen LogP contribution in [0.25, 0.3) is 0 Å². The Labute approximate surface area is 167 Å². The summed E-state index contributed by atoms with van der Waals surface area (Å²) in [4.78, 5) is 13.0. The van der Waals surface area contributed by atoms with Crippen molar-refractivity contribution in [3.8, 4) is 0 Å². The Morgan fingerprint density at radius 1 is 1.04 bits per heavy atom. The van der Waals surface area contributed by atoms with Gasteiger partial charge in [0.25, 0.3) is 0 Å². The number of nitrogens with zero attached hydrogens (tertiary/aromatic N) is 1. The summed E-state index contributed by atoms with van der Waals surface area (Å²) in [6, 6.07) is 12.5. The summed E-state index contributed by atoms with van der Waals surface area (Å²) in [6.07, 6.45) is 2.62. The van der Waals surface area contributed by atoms with Crippen molar-refractivity contribution < 1.29 is 13.2 Å². The van der Waals surface area contributed by atoms with Crippen molar-refractivity contribution in [2.75, 3.05) is 11.9 Å². The lowest BCUT2D eigenvalue weighted by molar-refractivity contribution is -0.117. The smallest absolute Gasteiger partial charge is 0.243 e. The molecule has 1 heterocycles. The topological polar surface area (TPSA) is 66.5 Å². The van der Waals surface area contributed by atoms with E-state index in [1.807, 2.05) is 39.0 Å². The van der Waals surface area contributed by atoms with Crippen LogP contribution in [0, 0.1) is 20.8 Å². The predicted molar refractivity (Wildman–Crippen MR) is 112 cm³/mol. The first-order valence-corrected chi connectivity index (χ1v) is 11.2. The molecule has 1 aliphatic heterocycles. The van der Waals surface area contributed by atoms with Gasteiger partial charge in [0.1, 0.15) is 0 Å². The van der Waals surface area contributed by atoms with Gasteiger partial charge in [-0.2, -0.15) is 4.31 Å². The number of sulfonamides is 1. The number of amides is 1. The average Bonchev–Trinajstić information content (AvgIpc) is 2.65. The molecule has 2 aromatic carbocycles. The Balaban J connectivity index is 1.76. The number of carbonyl (C=O) groups is 1. The van der Waals surface area contributed by atoms with E-state index in [2.05, 4.69) is 5.32 Å². The zero-order chi connectivity index (χ0) is 20.3. The zero-order valence-electron chi connectivity index (χ0n) is 16.7. The number of rotatable bonds is 5. The fourth-order valence-electron chi connectivity index (χ4n) is 3.63. The largest absolute Gasteiger partial charge is 0.326 e. The Morgan fingerprint density at radius 2 is 1.71 bits per heavy atom. The van der Waals surface area contributed by atoms with Crippen LogP contribution in [0.2, 0.25) is 0 Å². The molecule has 0 spiro atoms. The highest BCUT2D eigenvalue weighted by Gasteiger charge is 2.34. The molecule has 0 aromatic heterocycles. The van der Waals surface area contributed by atoms with E-state index in [-0.39, 0.29) is 18.4 Å². The molecule has 1 atom stereocenters. The molecule has 1 aliphatic rings. The third-order valence-electron chi connectivity index (χ3n) is 5.29. The van der Waals surface area contributed by atoms with Gasteiger partial charge in [-0.15, -0.1) is 0 Å². The van der Waals surface area contributed by atoms with Gasteiger partial charge in [0.2, 0.25) is 15.9 Å². The van der Waals surface area contributed by atoms with Crippen LogP contribution >= 0.6 is 0 Å². The summed E-state index contributed by atoms with van der Waals surface area (Å²) in [7, 11) is -3.61. The fourth-order valence-corrected chi connectivity index (χ4v) is 5.32. The number of benzene rings is 2. The number of hydrogen-bond donors (Lipinski definition) is 1. The molecule has 0 bridgehead atoms. The summed E-state index contributed by atoms with van der Waals surface area (Å²) < 4.78 is 27.8. The molecule has 6 heteroatoms. The first-order chi connectivity index (χ1) is 13.3. The van der Waals surface area contributed by atoms with Crippen LogP contribution in [0.4, 0.5) is 5.69 Å². The molecule has 0 radical (unpaired) electrons. The molecule has 1 amide bonds. The minimum atomic E-state index is -3.61. The van der Waals surface area contributed by atoms with Crippen molar-refractivity contribution in [3.05, 3.63) is 59.2 Å². The van der Waals surface area contributed by atoms with E-state index in [9.17, 15) is 13.2 Å². The number of carbonyl (C=O) groups excluding carboxylic acids is 1. The van der Waals surface area contributed by atoms with Gasteiger partial charge in [-0.1, -0.05) is 36.2 Å². The standard InChI is InChI=1S/C22H28N2O3S/c1-16-8-11-20(12-9-16)28(26,27)24-13-5-4-6-19(24)15-22(25)23-21-14-17(2)7-10-18(21)3/h7-12,14,19H,4-6,13,15H2,1-3H3,(H,23,25). The third-order valence-corrected chi connectivity index (χ3v) is 7.25. The maximum Gasteiger partial charge on any atom is 0.243 e. The van der Waals surface area contributed by atoms with Crippen molar-refractivity contribution >= 4 is 21.6 Å². The van der Waals surface area contributed by atoms with E-state index in [0.29, 0.717) is 17.9 Å². The van der Waals surface area contributed by atoms with Gasteiger partial charge in [0.15, 0.2) is 0 Å². The monoisotopic (exact) mass is 400 g/mol. The lowest BCUT2D eigenvalue weighted by atomic mass is 10.0. The van der Waals surface area contributed by atoms with Crippen LogP contribution in [-0.4, -0.2) is 31.2 Å². The molecule has 1 N–H and O–H groups in total. The maximum atomic E-state index is 13.1. The third kappa shape index (κ3) is 4.62. The Kier molecular flexibility index (Phi) is 6.20. The molecular weight excluding hydrogens is 372 g/mol. The van der Waals surface area contributed by atoms with Crippen LogP contribution in [0.1, 0.15) is 42.4 Å². The zero-order valence-corrected chi connectivity index (χ0v) is 17.6. The highest BCUT2D eigenvalue weighted by atomic mass is 32.2. The van der Waals surface area contributed by atoms with Crippen LogP contribution in [0.15, 0.2) is 47.4 Å². The molecule has 28 heavy (non-hydrogen) atoms. The average molecular weight is 401 g/mol. The summed E-state index contributed by atoms with van der Waals surface area (Å²) in [5, 5.41) is 2.96. The number of aryl methyl sites for hydroxylation is 3. The van der Waals surface area contributed by atoms with Crippen molar-refractivity contribution in [1.82, 2.24) is 4.31 Å². The van der Waals surface area contributed by atoms with Crippen molar-refractivity contribution in [2.45, 2.75) is 57.4 Å². The van der Waals surface area contributed by atoms with Gasteiger partial charge in [-0.05, 0) is 62.9 Å². The molecule has 2 aromatic rings. The van der Waals surface area contributed by atoms with Crippen molar-refractivity contribution in [3.63, 3.8) is 0 Å². The second kappa shape index (κ2) is 8.45. The van der Waals surface area contributed by atoms with Gasteiger partial charge in [-0.25, -0.2) is 8.42 Å². The van der Waals surface area contributed by atoms with Gasteiger partial charge in [-0.3, -0.25) is 4.79 Å². The minimum absolute atomic E-state index is 0.148. The first-order valence-electron chi connectivity index (χ1n) is 9.73. The highest BCUT2D eigenvalue weighted by Crippen LogP contribution is 2.28. The van der Waals surface area contributed by atoms with Crippen LogP contribution in [-0.2, 0) is 14.8 Å². The van der Waals surface area contributed by atoms with Gasteiger partial charge in [0.05, 0.1) is 4.90 Å². The van der Waals surface area contributed by atoms with Crippen LogP contribution in [0.5, 0.6) is 0 Å². The molecule has 0 aliphatic carbocycles. The van der Waals surface area contributed by atoms with E-state index in [1.54, 1.807) is 24.3 Å². The van der Waals surface area contributed by atoms with Crippen LogP contribution < -0.4 is 5.32 Å². The first kappa shape index (κ1) is 20.6. The molecule has 3 rings (SSSR count). The van der Waals surface area contributed by atoms with E-state index in [4.69, 9.17) is 0 Å². The van der Waals surface area contributed by atoms with Gasteiger partial charge >= 0.3 is 0 Å². The van der Waals surface area contributed by atoms with Crippen LogP contribution in [0.3, 0.4) is 0 Å². The second-order valence-electron chi connectivity index (χ2n) is 7.65. The van der Waals surface area contributed by atoms with Gasteiger partial charge < -0.3 is 5.32 Å². The molecule has 1 saturated heterocycles. The predicted octanol–water partition coefficient (Wildman–Crippen LogP) is 4.18. The van der Waals surface area contributed by atoms with Crippen molar-refractivity contribution in [1.29, 1.82) is 0 Å². The van der Waals surface area contributed by atoms with E-state index in [1.165, 1.54) is 4.31 Å². The summed E-state index contributed by atoms with van der Waals surface area (Å²) in [5.74, 6) is -0.148. The van der Waals surface area contributed by atoms with Gasteiger partial charge in [0, 0.05) is 24.7 Å². The Morgan fingerprint density at radius 3 is 2.43 bits per heavy atom. The van der Waals surface area contributed by atoms with E-state index >= 15 is 0 Å². The van der Waals surface area contributed by atoms with Crippen molar-refractivity contribution in [2.24, 2.45) is 0 Å². The number of piperidine rings is 1. The van der Waals surface area contributed by atoms with E-state index in [0.717, 1.165) is 35.2 Å². The minimum Gasteiger partial charge on any atom is -0.326 e. The molecule has 1 fully saturated rings. The number of nitrogens with one attached hydrogen (secondary N) is 1. The highest BCUT2D eigenvalue weighted by molar-refractivity contribution is 7.89. The molecule has 5 nitrogen and oxygen atoms in total. The normalized spacial score (nSPS) is 18.0. The summed E-state index contributed by atoms with van der Waals surface area (Å²) in [6.45, 7) is 6.31. The Bertz CT molecular complexity index is 952.